The minimum atomic E-state index is 0.360. The highest BCUT2D eigenvalue weighted by Crippen LogP contribution is 2.27. The minimum Gasteiger partial charge on any atom is -0.443 e. The molecule has 0 saturated carbocycles. The molecule has 0 amide bonds. The molecule has 17 heavy (non-hydrogen) atoms. The van der Waals surface area contributed by atoms with Gasteiger partial charge in [0.1, 0.15) is 5.69 Å². The third-order valence-corrected chi connectivity index (χ3v) is 3.03. The third kappa shape index (κ3) is 1.81. The zero-order chi connectivity index (χ0) is 11.7. The summed E-state index contributed by atoms with van der Waals surface area (Å²) < 4.78 is 5.39. The molecule has 0 N–H and O–H groups in total. The molecule has 0 spiro atoms. The molecule has 3 aromatic rings. The summed E-state index contributed by atoms with van der Waals surface area (Å²) in [6.45, 7) is 0. The van der Waals surface area contributed by atoms with Crippen molar-refractivity contribution >= 4 is 22.4 Å². The van der Waals surface area contributed by atoms with Crippen LogP contribution in [0.15, 0.2) is 53.3 Å². The fraction of sp³-hybridized carbons (Fsp3) is 0.0714. The molecule has 0 fully saturated rings. The van der Waals surface area contributed by atoms with Crippen molar-refractivity contribution in [2.45, 2.75) is 5.88 Å². The standard InChI is InChI=1S/C14H10ClNO/c15-8-13-14(17-9-16-13)12-6-5-10-3-1-2-4-11(10)7-12/h1-7,9H,8H2. The predicted octanol–water partition coefficient (Wildman–Crippen LogP) is 4.23. The van der Waals surface area contributed by atoms with Gasteiger partial charge >= 0.3 is 0 Å². The summed E-state index contributed by atoms with van der Waals surface area (Å²) in [5.74, 6) is 1.12. The van der Waals surface area contributed by atoms with Crippen LogP contribution in [0.5, 0.6) is 0 Å². The Morgan fingerprint density at radius 2 is 1.88 bits per heavy atom. The van der Waals surface area contributed by atoms with Gasteiger partial charge in [-0.15, -0.1) is 11.6 Å². The molecule has 0 atom stereocenters. The molecule has 0 unspecified atom stereocenters. The van der Waals surface area contributed by atoms with Crippen LogP contribution < -0.4 is 0 Å². The molecule has 2 nitrogen and oxygen atoms in total. The van der Waals surface area contributed by atoms with Gasteiger partial charge < -0.3 is 4.42 Å². The molecule has 0 aliphatic heterocycles. The van der Waals surface area contributed by atoms with Crippen LogP contribution >= 0.6 is 11.6 Å². The molecule has 3 rings (SSSR count). The normalized spacial score (nSPS) is 10.9. The molecule has 0 aliphatic carbocycles. The number of alkyl halides is 1. The summed E-state index contributed by atoms with van der Waals surface area (Å²) in [5, 5.41) is 2.39. The molecule has 2 aromatic carbocycles. The Kier molecular flexibility index (Phi) is 2.57. The Morgan fingerprint density at radius 1 is 1.06 bits per heavy atom. The molecule has 1 heterocycles. The number of benzene rings is 2. The van der Waals surface area contributed by atoms with Crippen LogP contribution in [0.4, 0.5) is 0 Å². The van der Waals surface area contributed by atoms with E-state index in [0.717, 1.165) is 17.0 Å². The average molecular weight is 244 g/mol. The number of nitrogens with zero attached hydrogens (tertiary/aromatic N) is 1. The van der Waals surface area contributed by atoms with Gasteiger partial charge in [-0.25, -0.2) is 4.98 Å². The van der Waals surface area contributed by atoms with Gasteiger partial charge in [0.2, 0.25) is 0 Å². The smallest absolute Gasteiger partial charge is 0.181 e. The Hall–Kier alpha value is -1.80. The molecule has 0 aliphatic rings. The van der Waals surface area contributed by atoms with Gasteiger partial charge in [-0.05, 0) is 16.8 Å². The van der Waals surface area contributed by atoms with Crippen molar-refractivity contribution in [3.63, 3.8) is 0 Å². The fourth-order valence-electron chi connectivity index (χ4n) is 1.93. The van der Waals surface area contributed by atoms with Gasteiger partial charge in [0.05, 0.1) is 5.88 Å². The third-order valence-electron chi connectivity index (χ3n) is 2.78. The van der Waals surface area contributed by atoms with E-state index in [-0.39, 0.29) is 0 Å². The van der Waals surface area contributed by atoms with E-state index in [1.807, 2.05) is 18.2 Å². The first kappa shape index (κ1) is 10.4. The second-order valence-electron chi connectivity index (χ2n) is 3.82. The Labute approximate surface area is 104 Å². The zero-order valence-corrected chi connectivity index (χ0v) is 9.82. The Bertz CT molecular complexity index is 660. The van der Waals surface area contributed by atoms with E-state index >= 15 is 0 Å². The summed E-state index contributed by atoms with van der Waals surface area (Å²) in [6, 6.07) is 14.4. The van der Waals surface area contributed by atoms with E-state index in [9.17, 15) is 0 Å². The number of aromatic nitrogens is 1. The summed E-state index contributed by atoms with van der Waals surface area (Å²) >= 11 is 5.82. The molecule has 84 valence electrons. The van der Waals surface area contributed by atoms with E-state index in [1.165, 1.54) is 17.2 Å². The molecule has 0 saturated heterocycles. The lowest BCUT2D eigenvalue weighted by atomic mass is 10.1. The van der Waals surface area contributed by atoms with Crippen molar-refractivity contribution in [3.8, 4) is 11.3 Å². The lowest BCUT2D eigenvalue weighted by Crippen LogP contribution is -1.83. The van der Waals surface area contributed by atoms with Crippen LogP contribution in [0.3, 0.4) is 0 Å². The molecule has 3 heteroatoms. The van der Waals surface area contributed by atoms with Crippen molar-refractivity contribution < 1.29 is 4.42 Å². The molecular weight excluding hydrogens is 234 g/mol. The highest BCUT2D eigenvalue weighted by molar-refractivity contribution is 6.17. The number of halogens is 1. The second kappa shape index (κ2) is 4.22. The summed E-state index contributed by atoms with van der Waals surface area (Å²) in [6.07, 6.45) is 1.43. The quantitative estimate of drug-likeness (QED) is 0.630. The number of fused-ring (bicyclic) bond motifs is 1. The zero-order valence-electron chi connectivity index (χ0n) is 9.06. The lowest BCUT2D eigenvalue weighted by molar-refractivity contribution is 0.571. The van der Waals surface area contributed by atoms with E-state index in [4.69, 9.17) is 16.0 Å². The maximum absolute atomic E-state index is 5.82. The highest BCUT2D eigenvalue weighted by Gasteiger charge is 2.09. The van der Waals surface area contributed by atoms with E-state index in [0.29, 0.717) is 5.88 Å². The summed E-state index contributed by atoms with van der Waals surface area (Å²) in [5.41, 5.74) is 1.79. The first-order valence-electron chi connectivity index (χ1n) is 5.36. The van der Waals surface area contributed by atoms with Crippen LogP contribution in [0, 0.1) is 0 Å². The Balaban J connectivity index is 2.18. The van der Waals surface area contributed by atoms with E-state index in [2.05, 4.69) is 29.2 Å². The predicted molar refractivity (Wildman–Crippen MR) is 69.0 cm³/mol. The molecular formula is C14H10ClNO. The van der Waals surface area contributed by atoms with Crippen molar-refractivity contribution in [3.05, 3.63) is 54.6 Å². The average Bonchev–Trinajstić information content (AvgIpc) is 2.86. The number of hydrogen-bond donors (Lipinski definition) is 0. The van der Waals surface area contributed by atoms with Gasteiger partial charge in [0.25, 0.3) is 0 Å². The second-order valence-corrected chi connectivity index (χ2v) is 4.09. The van der Waals surface area contributed by atoms with Crippen molar-refractivity contribution in [1.29, 1.82) is 0 Å². The SMILES string of the molecule is ClCc1ncoc1-c1ccc2ccccc2c1. The topological polar surface area (TPSA) is 26.0 Å². The summed E-state index contributed by atoms with van der Waals surface area (Å²) in [7, 11) is 0. The molecule has 0 radical (unpaired) electrons. The monoisotopic (exact) mass is 243 g/mol. The fourth-order valence-corrected chi connectivity index (χ4v) is 2.12. The van der Waals surface area contributed by atoms with Crippen LogP contribution in [-0.2, 0) is 5.88 Å². The maximum Gasteiger partial charge on any atom is 0.181 e. The summed E-state index contributed by atoms with van der Waals surface area (Å²) in [4.78, 5) is 4.09. The van der Waals surface area contributed by atoms with Crippen molar-refractivity contribution in [1.82, 2.24) is 4.98 Å². The van der Waals surface area contributed by atoms with Gasteiger partial charge in [-0.2, -0.15) is 0 Å². The van der Waals surface area contributed by atoms with Gasteiger partial charge in [0, 0.05) is 5.56 Å². The van der Waals surface area contributed by atoms with Gasteiger partial charge in [0.15, 0.2) is 12.2 Å². The Morgan fingerprint density at radius 3 is 2.71 bits per heavy atom. The number of hydrogen-bond acceptors (Lipinski definition) is 2. The lowest BCUT2D eigenvalue weighted by Gasteiger charge is -2.01. The number of rotatable bonds is 2. The first-order valence-corrected chi connectivity index (χ1v) is 5.89. The highest BCUT2D eigenvalue weighted by atomic mass is 35.5. The largest absolute Gasteiger partial charge is 0.443 e. The number of oxazole rings is 1. The van der Waals surface area contributed by atoms with Crippen LogP contribution in [0.1, 0.15) is 5.69 Å². The van der Waals surface area contributed by atoms with Crippen molar-refractivity contribution in [2.24, 2.45) is 0 Å². The van der Waals surface area contributed by atoms with Crippen molar-refractivity contribution in [2.75, 3.05) is 0 Å². The maximum atomic E-state index is 5.82. The first-order chi connectivity index (χ1) is 8.38. The van der Waals surface area contributed by atoms with Crippen LogP contribution in [0.2, 0.25) is 0 Å². The molecule has 0 bridgehead atoms. The van der Waals surface area contributed by atoms with Crippen LogP contribution in [-0.4, -0.2) is 4.98 Å². The minimum absolute atomic E-state index is 0.360. The van der Waals surface area contributed by atoms with Crippen LogP contribution in [0.25, 0.3) is 22.1 Å². The van der Waals surface area contributed by atoms with Gasteiger partial charge in [-0.1, -0.05) is 36.4 Å². The molecule has 1 aromatic heterocycles. The van der Waals surface area contributed by atoms with E-state index in [1.54, 1.807) is 0 Å². The van der Waals surface area contributed by atoms with E-state index < -0.39 is 0 Å². The van der Waals surface area contributed by atoms with Gasteiger partial charge in [-0.3, -0.25) is 0 Å².